The maximum Gasteiger partial charge on any atom is 0.401 e. The van der Waals surface area contributed by atoms with E-state index in [0.29, 0.717) is 45.6 Å². The normalized spacial score (nSPS) is 18.9. The lowest BCUT2D eigenvalue weighted by Crippen LogP contribution is -2.49. The van der Waals surface area contributed by atoms with E-state index in [1.54, 1.807) is 0 Å². The number of piperazine rings is 1. The van der Waals surface area contributed by atoms with Crippen LogP contribution in [0.4, 0.5) is 13.2 Å². The zero-order chi connectivity index (χ0) is 13.6. The highest BCUT2D eigenvalue weighted by Gasteiger charge is 2.31. The van der Waals surface area contributed by atoms with Crippen LogP contribution in [0.3, 0.4) is 0 Å². The molecule has 0 unspecified atom stereocenters. The molecule has 0 bridgehead atoms. The first-order valence-electron chi connectivity index (χ1n) is 5.91. The van der Waals surface area contributed by atoms with Gasteiger partial charge in [0.25, 0.3) is 0 Å². The minimum atomic E-state index is -4.12. The first kappa shape index (κ1) is 15.2. The van der Waals surface area contributed by atoms with Gasteiger partial charge in [0, 0.05) is 32.6 Å². The Morgan fingerprint density at radius 3 is 2.22 bits per heavy atom. The number of nitrogens with one attached hydrogen (secondary N) is 1. The van der Waals surface area contributed by atoms with Crippen molar-refractivity contribution in [3.8, 4) is 0 Å². The van der Waals surface area contributed by atoms with Crippen molar-refractivity contribution in [2.75, 3.05) is 39.3 Å². The molecule has 0 aromatic rings. The number of alkyl halides is 3. The van der Waals surface area contributed by atoms with E-state index in [1.165, 1.54) is 4.90 Å². The first-order valence-corrected chi connectivity index (χ1v) is 5.91. The summed E-state index contributed by atoms with van der Waals surface area (Å²) >= 11 is 0. The number of carbonyl (C=O) groups excluding carboxylic acids is 1. The number of nitrogens with two attached hydrogens (primary N) is 1. The van der Waals surface area contributed by atoms with E-state index >= 15 is 0 Å². The molecule has 1 aliphatic rings. The standard InChI is InChI=1S/C10H19F3N4O/c11-10(12,13)8-17-6-4-16(5-7-17)3-1-2-9(18)15-14/h1-8,14H2,(H,15,18). The maximum absolute atomic E-state index is 12.2. The molecule has 5 nitrogen and oxygen atoms in total. The van der Waals surface area contributed by atoms with Crippen LogP contribution in [0.25, 0.3) is 0 Å². The summed E-state index contributed by atoms with van der Waals surface area (Å²) in [5.74, 6) is 4.72. The van der Waals surface area contributed by atoms with E-state index in [-0.39, 0.29) is 5.91 Å². The topological polar surface area (TPSA) is 61.6 Å². The summed E-state index contributed by atoms with van der Waals surface area (Å²) in [4.78, 5) is 14.3. The van der Waals surface area contributed by atoms with Gasteiger partial charge in [0.2, 0.25) is 5.91 Å². The van der Waals surface area contributed by atoms with Gasteiger partial charge in [-0.3, -0.25) is 15.1 Å². The van der Waals surface area contributed by atoms with Crippen LogP contribution >= 0.6 is 0 Å². The lowest BCUT2D eigenvalue weighted by atomic mass is 10.2. The molecule has 106 valence electrons. The Morgan fingerprint density at radius 1 is 1.17 bits per heavy atom. The van der Waals surface area contributed by atoms with Crippen LogP contribution in [-0.4, -0.2) is 61.2 Å². The maximum atomic E-state index is 12.2. The largest absolute Gasteiger partial charge is 0.401 e. The minimum Gasteiger partial charge on any atom is -0.301 e. The molecule has 1 fully saturated rings. The quantitative estimate of drug-likeness (QED) is 0.416. The summed E-state index contributed by atoms with van der Waals surface area (Å²) in [5, 5.41) is 0. The lowest BCUT2D eigenvalue weighted by molar-refractivity contribution is -0.149. The van der Waals surface area contributed by atoms with Crippen LogP contribution in [0, 0.1) is 0 Å². The van der Waals surface area contributed by atoms with E-state index in [2.05, 4.69) is 4.90 Å². The molecule has 8 heteroatoms. The molecule has 1 aliphatic heterocycles. The van der Waals surface area contributed by atoms with Crippen molar-refractivity contribution < 1.29 is 18.0 Å². The van der Waals surface area contributed by atoms with Crippen LogP contribution in [0.2, 0.25) is 0 Å². The highest BCUT2D eigenvalue weighted by molar-refractivity contribution is 5.75. The predicted octanol–water partition coefficient (Wildman–Crippen LogP) is -0.0636. The SMILES string of the molecule is NNC(=O)CCCN1CCN(CC(F)(F)F)CC1. The zero-order valence-corrected chi connectivity index (χ0v) is 10.2. The summed E-state index contributed by atoms with van der Waals surface area (Å²) in [6.07, 6.45) is -3.11. The molecular weight excluding hydrogens is 249 g/mol. The van der Waals surface area contributed by atoms with Gasteiger partial charge in [-0.25, -0.2) is 5.84 Å². The third kappa shape index (κ3) is 6.18. The molecule has 0 spiro atoms. The number of carbonyl (C=O) groups is 1. The molecule has 1 heterocycles. The van der Waals surface area contributed by atoms with Crippen molar-refractivity contribution in [2.45, 2.75) is 19.0 Å². The van der Waals surface area contributed by atoms with E-state index in [9.17, 15) is 18.0 Å². The van der Waals surface area contributed by atoms with Crippen LogP contribution in [0.1, 0.15) is 12.8 Å². The fourth-order valence-electron chi connectivity index (χ4n) is 1.96. The van der Waals surface area contributed by atoms with Crippen molar-refractivity contribution in [3.63, 3.8) is 0 Å². The predicted molar refractivity (Wildman–Crippen MR) is 60.5 cm³/mol. The van der Waals surface area contributed by atoms with E-state index < -0.39 is 12.7 Å². The number of hydrazine groups is 1. The number of nitrogens with zero attached hydrogens (tertiary/aromatic N) is 2. The van der Waals surface area contributed by atoms with Gasteiger partial charge in [-0.1, -0.05) is 0 Å². The molecule has 0 aromatic carbocycles. The van der Waals surface area contributed by atoms with Gasteiger partial charge in [-0.15, -0.1) is 0 Å². The second-order valence-corrected chi connectivity index (χ2v) is 4.40. The highest BCUT2D eigenvalue weighted by atomic mass is 19.4. The Kier molecular flexibility index (Phi) is 5.83. The summed E-state index contributed by atoms with van der Waals surface area (Å²) in [7, 11) is 0. The fourth-order valence-corrected chi connectivity index (χ4v) is 1.96. The Hall–Kier alpha value is -0.860. The third-order valence-corrected chi connectivity index (χ3v) is 2.91. The number of rotatable bonds is 5. The Balaban J connectivity index is 2.14. The number of amides is 1. The molecule has 0 atom stereocenters. The van der Waals surface area contributed by atoms with Gasteiger partial charge in [0.1, 0.15) is 0 Å². The molecule has 1 saturated heterocycles. The van der Waals surface area contributed by atoms with Crippen LogP contribution in [-0.2, 0) is 4.79 Å². The van der Waals surface area contributed by atoms with E-state index in [4.69, 9.17) is 5.84 Å². The number of hydrogen-bond donors (Lipinski definition) is 2. The average Bonchev–Trinajstić information content (AvgIpc) is 2.29. The zero-order valence-electron chi connectivity index (χ0n) is 10.2. The summed E-state index contributed by atoms with van der Waals surface area (Å²) in [6.45, 7) is 1.94. The number of halogens is 3. The van der Waals surface area contributed by atoms with Crippen molar-refractivity contribution in [1.29, 1.82) is 0 Å². The minimum absolute atomic E-state index is 0.217. The highest BCUT2D eigenvalue weighted by Crippen LogP contribution is 2.17. The third-order valence-electron chi connectivity index (χ3n) is 2.91. The lowest BCUT2D eigenvalue weighted by Gasteiger charge is -2.34. The second kappa shape index (κ2) is 6.91. The Morgan fingerprint density at radius 2 is 1.72 bits per heavy atom. The van der Waals surface area contributed by atoms with Gasteiger partial charge < -0.3 is 4.90 Å². The molecule has 1 rings (SSSR count). The fraction of sp³-hybridized carbons (Fsp3) is 0.900. The molecular formula is C10H19F3N4O. The van der Waals surface area contributed by atoms with Crippen LogP contribution < -0.4 is 11.3 Å². The van der Waals surface area contributed by atoms with Crippen LogP contribution in [0.15, 0.2) is 0 Å². The molecule has 0 saturated carbocycles. The molecule has 3 N–H and O–H groups in total. The van der Waals surface area contributed by atoms with Gasteiger partial charge >= 0.3 is 6.18 Å². The number of hydrogen-bond acceptors (Lipinski definition) is 4. The van der Waals surface area contributed by atoms with Crippen molar-refractivity contribution in [3.05, 3.63) is 0 Å². The van der Waals surface area contributed by atoms with E-state index in [1.807, 2.05) is 5.43 Å². The molecule has 0 aliphatic carbocycles. The van der Waals surface area contributed by atoms with Gasteiger partial charge in [0.15, 0.2) is 0 Å². The molecule has 18 heavy (non-hydrogen) atoms. The summed E-state index contributed by atoms with van der Waals surface area (Å²) < 4.78 is 36.5. The van der Waals surface area contributed by atoms with Gasteiger partial charge in [0.05, 0.1) is 6.54 Å². The van der Waals surface area contributed by atoms with Gasteiger partial charge in [-0.05, 0) is 13.0 Å². The van der Waals surface area contributed by atoms with Crippen molar-refractivity contribution in [2.24, 2.45) is 5.84 Å². The van der Waals surface area contributed by atoms with Crippen molar-refractivity contribution in [1.82, 2.24) is 15.2 Å². The van der Waals surface area contributed by atoms with Crippen LogP contribution in [0.5, 0.6) is 0 Å². The Bertz CT molecular complexity index is 264. The molecule has 1 amide bonds. The van der Waals surface area contributed by atoms with Crippen molar-refractivity contribution >= 4 is 5.91 Å². The molecule has 0 radical (unpaired) electrons. The second-order valence-electron chi connectivity index (χ2n) is 4.40. The monoisotopic (exact) mass is 268 g/mol. The smallest absolute Gasteiger partial charge is 0.301 e. The average molecular weight is 268 g/mol. The van der Waals surface area contributed by atoms with E-state index in [0.717, 1.165) is 0 Å². The summed E-state index contributed by atoms with van der Waals surface area (Å²) in [6, 6.07) is 0. The summed E-state index contributed by atoms with van der Waals surface area (Å²) in [5.41, 5.74) is 2.04. The first-order chi connectivity index (χ1) is 8.40. The van der Waals surface area contributed by atoms with Gasteiger partial charge in [-0.2, -0.15) is 13.2 Å². The Labute approximate surface area is 104 Å². The molecule has 0 aromatic heterocycles.